The van der Waals surface area contributed by atoms with Gasteiger partial charge in [0.05, 0.1) is 63.3 Å². The molecule has 65 heavy (non-hydrogen) atoms. The van der Waals surface area contributed by atoms with E-state index >= 15 is 4.39 Å². The highest BCUT2D eigenvalue weighted by Gasteiger charge is 2.23. The first-order chi connectivity index (χ1) is 31.8. The van der Waals surface area contributed by atoms with Crippen LogP contribution in [0, 0.1) is 57.0 Å². The Balaban J connectivity index is 1.32. The maximum Gasteiger partial charge on any atom is 0.166 e. The lowest BCUT2D eigenvalue weighted by Crippen LogP contribution is -2.04. The maximum absolute atomic E-state index is 15.7. The molecule has 0 aliphatic carbocycles. The standard InChI is InChI=1S/C55H28F2N8/c56-42-16-21-45(49(57)28-42)37-15-22-50(48(25-37)55-63-53(35-7-3-1-4-8-35)62-54(64-55)36-9-5-2-6-10-36)65-51-26-38(43-17-11-33(29-58)23-40(43)31-60)13-19-46(51)47-20-14-39(27-52(47)65)44-18-12-34(30-59)24-41(44)32-61/h1-28H. The SMILES string of the molecule is N#Cc1ccc(-c2ccc3c4ccc(-c5ccc(C#N)cc5C#N)cc4n(-c4ccc(-c5ccc(F)cc5F)cc4-c4nc(-c5ccccc5)nc(-c5ccccc5)n4)c3c2)c(C#N)c1. The van der Waals surface area contributed by atoms with Gasteiger partial charge in [-0.2, -0.15) is 21.0 Å². The average Bonchev–Trinajstić information content (AvgIpc) is 3.68. The maximum atomic E-state index is 15.7. The third kappa shape index (κ3) is 7.16. The van der Waals surface area contributed by atoms with E-state index in [0.29, 0.717) is 73.0 Å². The Kier molecular flexibility index (Phi) is 9.94. The van der Waals surface area contributed by atoms with E-state index in [4.69, 9.17) is 15.0 Å². The van der Waals surface area contributed by atoms with Crippen LogP contribution in [0.15, 0.2) is 170 Å². The highest BCUT2D eigenvalue weighted by atomic mass is 19.1. The molecule has 0 unspecified atom stereocenters. The summed E-state index contributed by atoms with van der Waals surface area (Å²) in [5.41, 5.74) is 8.70. The van der Waals surface area contributed by atoms with Gasteiger partial charge >= 0.3 is 0 Å². The van der Waals surface area contributed by atoms with Gasteiger partial charge in [0.15, 0.2) is 17.5 Å². The van der Waals surface area contributed by atoms with Gasteiger partial charge in [-0.1, -0.05) is 103 Å². The van der Waals surface area contributed by atoms with Gasteiger partial charge in [0.1, 0.15) is 11.6 Å². The van der Waals surface area contributed by atoms with Crippen molar-refractivity contribution in [1.29, 1.82) is 21.0 Å². The molecule has 0 radical (unpaired) electrons. The predicted molar refractivity (Wildman–Crippen MR) is 246 cm³/mol. The molecule has 0 fully saturated rings. The summed E-state index contributed by atoms with van der Waals surface area (Å²) >= 11 is 0. The van der Waals surface area contributed by atoms with Gasteiger partial charge < -0.3 is 4.57 Å². The Bertz CT molecular complexity index is 3550. The van der Waals surface area contributed by atoms with E-state index in [-0.39, 0.29) is 11.4 Å². The summed E-state index contributed by atoms with van der Waals surface area (Å²) in [5.74, 6) is -0.370. The van der Waals surface area contributed by atoms with Crippen LogP contribution < -0.4 is 0 Å². The summed E-state index contributed by atoms with van der Waals surface area (Å²) < 4.78 is 32.1. The van der Waals surface area contributed by atoms with Crippen LogP contribution in [-0.4, -0.2) is 19.5 Å². The molecule has 10 aromatic rings. The smallest absolute Gasteiger partial charge is 0.166 e. The van der Waals surface area contributed by atoms with E-state index in [1.165, 1.54) is 12.1 Å². The monoisotopic (exact) mass is 838 g/mol. The first kappa shape index (κ1) is 39.5. The Hall–Kier alpha value is -9.61. The molecule has 302 valence electrons. The quantitative estimate of drug-likeness (QED) is 0.156. The van der Waals surface area contributed by atoms with Crippen molar-refractivity contribution in [2.45, 2.75) is 0 Å². The molecule has 0 aliphatic rings. The molecule has 0 bridgehead atoms. The van der Waals surface area contributed by atoms with Crippen LogP contribution in [0.5, 0.6) is 0 Å². The molecule has 2 heterocycles. The van der Waals surface area contributed by atoms with Gasteiger partial charge in [0.25, 0.3) is 0 Å². The van der Waals surface area contributed by atoms with E-state index < -0.39 is 11.6 Å². The number of benzene rings is 8. The summed E-state index contributed by atoms with van der Waals surface area (Å²) in [4.78, 5) is 15.1. The summed E-state index contributed by atoms with van der Waals surface area (Å²) in [6.07, 6.45) is 0. The zero-order chi connectivity index (χ0) is 44.6. The second kappa shape index (κ2) is 16.3. The molecule has 0 saturated heterocycles. The molecule has 0 saturated carbocycles. The van der Waals surface area contributed by atoms with Crippen LogP contribution in [0.2, 0.25) is 0 Å². The lowest BCUT2D eigenvalue weighted by Gasteiger charge is -2.17. The number of aromatic nitrogens is 4. The van der Waals surface area contributed by atoms with E-state index in [1.54, 1.807) is 48.5 Å². The summed E-state index contributed by atoms with van der Waals surface area (Å²) in [6.45, 7) is 0. The Morgan fingerprint density at radius 3 is 1.35 bits per heavy atom. The number of hydrogen-bond donors (Lipinski definition) is 0. The van der Waals surface area contributed by atoms with Crippen molar-refractivity contribution in [1.82, 2.24) is 19.5 Å². The average molecular weight is 839 g/mol. The number of rotatable bonds is 7. The van der Waals surface area contributed by atoms with E-state index in [1.807, 2.05) is 103 Å². The number of hydrogen-bond acceptors (Lipinski definition) is 7. The fourth-order valence-corrected chi connectivity index (χ4v) is 8.26. The summed E-state index contributed by atoms with van der Waals surface area (Å²) in [7, 11) is 0. The van der Waals surface area contributed by atoms with Crippen LogP contribution in [0.3, 0.4) is 0 Å². The molecule has 0 atom stereocenters. The topological polar surface area (TPSA) is 139 Å². The summed E-state index contributed by atoms with van der Waals surface area (Å²) in [6, 6.07) is 58.4. The van der Waals surface area contributed by atoms with Gasteiger partial charge in [-0.3, -0.25) is 0 Å². The fourth-order valence-electron chi connectivity index (χ4n) is 8.26. The van der Waals surface area contributed by atoms with Gasteiger partial charge in [-0.15, -0.1) is 0 Å². The molecule has 0 spiro atoms. The van der Waals surface area contributed by atoms with Crippen molar-refractivity contribution in [3.05, 3.63) is 204 Å². The fraction of sp³-hybridized carbons (Fsp3) is 0. The molecule has 2 aromatic heterocycles. The minimum atomic E-state index is -0.744. The second-order valence-electron chi connectivity index (χ2n) is 15.2. The number of halogens is 2. The van der Waals surface area contributed by atoms with Crippen LogP contribution in [0.1, 0.15) is 22.3 Å². The van der Waals surface area contributed by atoms with Crippen molar-refractivity contribution in [2.75, 3.05) is 0 Å². The molecule has 0 aliphatic heterocycles. The minimum Gasteiger partial charge on any atom is -0.308 e. The third-order valence-corrected chi connectivity index (χ3v) is 11.3. The van der Waals surface area contributed by atoms with Crippen molar-refractivity contribution in [3.8, 4) is 97.5 Å². The van der Waals surface area contributed by atoms with Crippen molar-refractivity contribution in [3.63, 3.8) is 0 Å². The van der Waals surface area contributed by atoms with Crippen molar-refractivity contribution < 1.29 is 8.78 Å². The zero-order valence-electron chi connectivity index (χ0n) is 34.0. The largest absolute Gasteiger partial charge is 0.308 e. The van der Waals surface area contributed by atoms with E-state index in [9.17, 15) is 25.4 Å². The molecule has 10 rings (SSSR count). The lowest BCUT2D eigenvalue weighted by atomic mass is 9.96. The molecule has 8 aromatic carbocycles. The molecule has 8 nitrogen and oxygen atoms in total. The molecule has 10 heteroatoms. The van der Waals surface area contributed by atoms with Crippen LogP contribution in [0.4, 0.5) is 8.78 Å². The second-order valence-corrected chi connectivity index (χ2v) is 15.2. The number of fused-ring (bicyclic) bond motifs is 3. The predicted octanol–water partition coefficient (Wildman–Crippen LogP) is 12.7. The van der Waals surface area contributed by atoms with Gasteiger partial charge in [-0.25, -0.2) is 23.7 Å². The number of nitrogens with zero attached hydrogens (tertiary/aromatic N) is 8. The Labute approximate surface area is 371 Å². The first-order valence-electron chi connectivity index (χ1n) is 20.3. The molecular weight excluding hydrogens is 811 g/mol. The summed E-state index contributed by atoms with van der Waals surface area (Å²) in [5, 5.41) is 41.4. The van der Waals surface area contributed by atoms with E-state index in [2.05, 4.69) is 28.8 Å². The molecule has 0 amide bonds. The molecular formula is C55H28F2N8. The highest BCUT2D eigenvalue weighted by molar-refractivity contribution is 6.12. The lowest BCUT2D eigenvalue weighted by molar-refractivity contribution is 0.585. The van der Waals surface area contributed by atoms with Gasteiger partial charge in [0, 0.05) is 39.1 Å². The highest BCUT2D eigenvalue weighted by Crippen LogP contribution is 2.42. The number of nitriles is 4. The van der Waals surface area contributed by atoms with Gasteiger partial charge in [-0.05, 0) is 88.5 Å². The van der Waals surface area contributed by atoms with Gasteiger partial charge in [0.2, 0.25) is 0 Å². The van der Waals surface area contributed by atoms with Crippen molar-refractivity contribution in [2.24, 2.45) is 0 Å². The third-order valence-electron chi connectivity index (χ3n) is 11.3. The van der Waals surface area contributed by atoms with Crippen molar-refractivity contribution >= 4 is 21.8 Å². The zero-order valence-corrected chi connectivity index (χ0v) is 34.0. The Morgan fingerprint density at radius 2 is 0.862 bits per heavy atom. The first-order valence-corrected chi connectivity index (χ1v) is 20.3. The van der Waals surface area contributed by atoms with Crippen LogP contribution in [0.25, 0.3) is 95.0 Å². The van der Waals surface area contributed by atoms with Crippen LogP contribution >= 0.6 is 0 Å². The van der Waals surface area contributed by atoms with Crippen LogP contribution in [-0.2, 0) is 0 Å². The minimum absolute atomic E-state index is 0.168. The molecule has 0 N–H and O–H groups in total. The normalized spacial score (nSPS) is 10.9. The van der Waals surface area contributed by atoms with E-state index in [0.717, 1.165) is 39.0 Å². The Morgan fingerprint density at radius 1 is 0.385 bits per heavy atom.